The van der Waals surface area contributed by atoms with Gasteiger partial charge in [0.15, 0.2) is 0 Å². The normalized spacial score (nSPS) is 14.3. The highest BCUT2D eigenvalue weighted by Crippen LogP contribution is 2.24. The molecule has 3 aromatic rings. The summed E-state index contributed by atoms with van der Waals surface area (Å²) in [7, 11) is 5.71. The fourth-order valence-electron chi connectivity index (χ4n) is 3.74. The van der Waals surface area contributed by atoms with Crippen molar-refractivity contribution in [1.82, 2.24) is 14.9 Å². The summed E-state index contributed by atoms with van der Waals surface area (Å²) in [6.07, 6.45) is 0. The molecular formula is C25H32N6O. The van der Waals surface area contributed by atoms with Crippen LogP contribution in [0, 0.1) is 6.92 Å². The summed E-state index contributed by atoms with van der Waals surface area (Å²) in [5.41, 5.74) is 3.56. The van der Waals surface area contributed by atoms with E-state index in [0.29, 0.717) is 0 Å². The Morgan fingerprint density at radius 2 is 1.62 bits per heavy atom. The number of piperazine rings is 1. The third-order valence-electron chi connectivity index (χ3n) is 5.70. The van der Waals surface area contributed by atoms with Gasteiger partial charge in [0.2, 0.25) is 5.95 Å². The summed E-state index contributed by atoms with van der Waals surface area (Å²) in [6, 6.07) is 18.6. The van der Waals surface area contributed by atoms with Crippen molar-refractivity contribution in [2.45, 2.75) is 13.5 Å². The van der Waals surface area contributed by atoms with E-state index in [1.807, 2.05) is 37.2 Å². The first-order valence-corrected chi connectivity index (χ1v) is 11.0. The maximum Gasteiger partial charge on any atom is 0.229 e. The van der Waals surface area contributed by atoms with Crippen LogP contribution < -0.4 is 19.9 Å². The van der Waals surface area contributed by atoms with Crippen LogP contribution in [-0.2, 0) is 6.54 Å². The van der Waals surface area contributed by atoms with Gasteiger partial charge < -0.3 is 19.9 Å². The van der Waals surface area contributed by atoms with Crippen molar-refractivity contribution in [3.05, 3.63) is 65.7 Å². The highest BCUT2D eigenvalue weighted by molar-refractivity contribution is 5.62. The number of aromatic nitrogens is 2. The first-order chi connectivity index (χ1) is 15.5. The second-order valence-electron chi connectivity index (χ2n) is 8.41. The van der Waals surface area contributed by atoms with Crippen molar-refractivity contribution < 1.29 is 4.74 Å². The lowest BCUT2D eigenvalue weighted by Gasteiger charge is -2.35. The summed E-state index contributed by atoms with van der Waals surface area (Å²) >= 11 is 0. The molecule has 1 aromatic heterocycles. The molecule has 7 heteroatoms. The van der Waals surface area contributed by atoms with Crippen LogP contribution in [0.15, 0.2) is 54.6 Å². The Morgan fingerprint density at radius 3 is 2.25 bits per heavy atom. The average Bonchev–Trinajstić information content (AvgIpc) is 2.81. The monoisotopic (exact) mass is 432 g/mol. The molecule has 168 valence electrons. The predicted octanol–water partition coefficient (Wildman–Crippen LogP) is 3.93. The van der Waals surface area contributed by atoms with Crippen LogP contribution in [0.3, 0.4) is 0 Å². The highest BCUT2D eigenvalue weighted by Gasteiger charge is 2.20. The number of nitrogens with zero attached hydrogens (tertiary/aromatic N) is 5. The van der Waals surface area contributed by atoms with Gasteiger partial charge in [0, 0.05) is 58.6 Å². The van der Waals surface area contributed by atoms with Gasteiger partial charge in [-0.05, 0) is 36.8 Å². The topological polar surface area (TPSA) is 56.8 Å². The number of rotatable bonds is 7. The zero-order chi connectivity index (χ0) is 22.5. The number of nitrogens with one attached hydrogen (secondary N) is 1. The molecule has 2 heterocycles. The largest absolute Gasteiger partial charge is 0.497 e. The summed E-state index contributed by atoms with van der Waals surface area (Å²) in [6.45, 7) is 6.78. The summed E-state index contributed by atoms with van der Waals surface area (Å²) in [5, 5.41) is 3.43. The Hall–Kier alpha value is -3.32. The van der Waals surface area contributed by atoms with Crippen LogP contribution in [0.25, 0.3) is 0 Å². The molecule has 0 spiro atoms. The fraction of sp³-hybridized carbons (Fsp3) is 0.360. The molecule has 32 heavy (non-hydrogen) atoms. The Kier molecular flexibility index (Phi) is 6.75. The van der Waals surface area contributed by atoms with Gasteiger partial charge in [0.25, 0.3) is 0 Å². The van der Waals surface area contributed by atoms with Crippen LogP contribution in [-0.4, -0.2) is 62.3 Å². The lowest BCUT2D eigenvalue weighted by molar-refractivity contribution is 0.248. The number of methoxy groups -OCH3 is 1. The number of anilines is 4. The van der Waals surface area contributed by atoms with E-state index >= 15 is 0 Å². The molecule has 1 aliphatic heterocycles. The SMILES string of the molecule is COc1ccc(CN2CCN(c3nc(Nc4ccc(C)cc4)cc(N(C)C)n3)CC2)cc1. The first kappa shape index (κ1) is 21.9. The van der Waals surface area contributed by atoms with E-state index in [4.69, 9.17) is 14.7 Å². The molecule has 1 saturated heterocycles. The van der Waals surface area contributed by atoms with E-state index in [0.717, 1.165) is 61.7 Å². The molecule has 1 N–H and O–H groups in total. The van der Waals surface area contributed by atoms with Crippen LogP contribution in [0.2, 0.25) is 0 Å². The molecule has 1 fully saturated rings. The third kappa shape index (κ3) is 5.48. The molecule has 0 amide bonds. The summed E-state index contributed by atoms with van der Waals surface area (Å²) in [5.74, 6) is 3.37. The van der Waals surface area contributed by atoms with Crippen LogP contribution >= 0.6 is 0 Å². The third-order valence-corrected chi connectivity index (χ3v) is 5.70. The predicted molar refractivity (Wildman–Crippen MR) is 131 cm³/mol. The lowest BCUT2D eigenvalue weighted by atomic mass is 10.2. The van der Waals surface area contributed by atoms with Gasteiger partial charge in [-0.15, -0.1) is 0 Å². The van der Waals surface area contributed by atoms with Gasteiger partial charge in [0.1, 0.15) is 17.4 Å². The molecule has 0 radical (unpaired) electrons. The van der Waals surface area contributed by atoms with Crippen LogP contribution in [0.5, 0.6) is 5.75 Å². The van der Waals surface area contributed by atoms with Gasteiger partial charge in [0.05, 0.1) is 7.11 Å². The molecule has 0 bridgehead atoms. The highest BCUT2D eigenvalue weighted by atomic mass is 16.5. The van der Waals surface area contributed by atoms with Crippen LogP contribution in [0.1, 0.15) is 11.1 Å². The molecular weight excluding hydrogens is 400 g/mol. The number of ether oxygens (including phenoxy) is 1. The van der Waals surface area contributed by atoms with Crippen molar-refractivity contribution in [2.75, 3.05) is 62.5 Å². The van der Waals surface area contributed by atoms with Gasteiger partial charge in [-0.25, -0.2) is 0 Å². The van der Waals surface area contributed by atoms with E-state index < -0.39 is 0 Å². The molecule has 4 rings (SSSR count). The van der Waals surface area contributed by atoms with E-state index in [-0.39, 0.29) is 0 Å². The smallest absolute Gasteiger partial charge is 0.229 e. The van der Waals surface area contributed by atoms with E-state index in [2.05, 4.69) is 58.4 Å². The Bertz CT molecular complexity index is 1010. The van der Waals surface area contributed by atoms with Crippen molar-refractivity contribution in [2.24, 2.45) is 0 Å². The Balaban J connectivity index is 1.43. The molecule has 0 unspecified atom stereocenters. The van der Waals surface area contributed by atoms with Gasteiger partial charge in [-0.3, -0.25) is 4.90 Å². The first-order valence-electron chi connectivity index (χ1n) is 11.0. The van der Waals surface area contributed by atoms with E-state index in [9.17, 15) is 0 Å². The quantitative estimate of drug-likeness (QED) is 0.607. The lowest BCUT2D eigenvalue weighted by Crippen LogP contribution is -2.46. The molecule has 1 aliphatic rings. The zero-order valence-corrected chi connectivity index (χ0v) is 19.4. The molecule has 0 aliphatic carbocycles. The molecule has 2 aromatic carbocycles. The number of benzene rings is 2. The van der Waals surface area contributed by atoms with Gasteiger partial charge >= 0.3 is 0 Å². The van der Waals surface area contributed by atoms with Crippen LogP contribution in [0.4, 0.5) is 23.3 Å². The molecule has 0 saturated carbocycles. The van der Waals surface area contributed by atoms with Gasteiger partial charge in [-0.2, -0.15) is 9.97 Å². The fourth-order valence-corrected chi connectivity index (χ4v) is 3.74. The second kappa shape index (κ2) is 9.87. The number of aryl methyl sites for hydroxylation is 1. The standard InChI is InChI=1S/C25H32N6O/c1-19-5-9-21(10-6-19)26-23-17-24(29(2)3)28-25(27-23)31-15-13-30(14-16-31)18-20-7-11-22(32-4)12-8-20/h5-12,17H,13-16,18H2,1-4H3,(H,26,27,28). The molecule has 7 nitrogen and oxygen atoms in total. The minimum atomic E-state index is 0.773. The second-order valence-corrected chi connectivity index (χ2v) is 8.41. The summed E-state index contributed by atoms with van der Waals surface area (Å²) < 4.78 is 5.26. The van der Waals surface area contributed by atoms with E-state index in [1.54, 1.807) is 7.11 Å². The van der Waals surface area contributed by atoms with E-state index in [1.165, 1.54) is 11.1 Å². The Labute approximate surface area is 190 Å². The van der Waals surface area contributed by atoms with Crippen molar-refractivity contribution in [3.8, 4) is 5.75 Å². The number of hydrogen-bond acceptors (Lipinski definition) is 7. The maximum atomic E-state index is 5.26. The minimum absolute atomic E-state index is 0.773. The Morgan fingerprint density at radius 1 is 0.938 bits per heavy atom. The average molecular weight is 433 g/mol. The van der Waals surface area contributed by atoms with Crippen molar-refractivity contribution in [3.63, 3.8) is 0 Å². The summed E-state index contributed by atoms with van der Waals surface area (Å²) in [4.78, 5) is 16.4. The van der Waals surface area contributed by atoms with Crippen molar-refractivity contribution >= 4 is 23.3 Å². The zero-order valence-electron chi connectivity index (χ0n) is 19.4. The van der Waals surface area contributed by atoms with Gasteiger partial charge in [-0.1, -0.05) is 29.8 Å². The maximum absolute atomic E-state index is 5.26. The molecule has 0 atom stereocenters. The minimum Gasteiger partial charge on any atom is -0.497 e. The number of hydrogen-bond donors (Lipinski definition) is 1. The van der Waals surface area contributed by atoms with Crippen molar-refractivity contribution in [1.29, 1.82) is 0 Å².